The van der Waals surface area contributed by atoms with Crippen molar-refractivity contribution >= 4 is 36.4 Å². The first-order valence-electron chi connectivity index (χ1n) is 17.9. The van der Waals surface area contributed by atoms with Crippen LogP contribution < -0.4 is 14.5 Å². The predicted octanol–water partition coefficient (Wildman–Crippen LogP) is 5.31. The van der Waals surface area contributed by atoms with Crippen molar-refractivity contribution < 1.29 is 27.4 Å². The highest BCUT2D eigenvalue weighted by atomic mass is 28.3. The summed E-state index contributed by atoms with van der Waals surface area (Å²) in [6.45, 7) is 14.0. The van der Waals surface area contributed by atoms with Gasteiger partial charge < -0.3 is 29.1 Å². The SMILES string of the molecule is C=CC(=O)N1CCN(c2nc(OC[C@H]3CCCN3C)nc3c2CCN(c2c(C(F)(F)F)ccc4c2cnn4COCC[Si](C)(C)C)C3)CC1CC#N. The number of anilines is 2. The number of rotatable bonds is 12. The van der Waals surface area contributed by atoms with Crippen molar-refractivity contribution in [1.29, 1.82) is 5.26 Å². The third-order valence-corrected chi connectivity index (χ3v) is 12.0. The van der Waals surface area contributed by atoms with Crippen molar-refractivity contribution in [3.63, 3.8) is 0 Å². The predicted molar refractivity (Wildman–Crippen MR) is 195 cm³/mol. The molecule has 6 rings (SSSR count). The number of aromatic nitrogens is 4. The summed E-state index contributed by atoms with van der Waals surface area (Å²) in [7, 11) is 0.737. The minimum atomic E-state index is -4.60. The summed E-state index contributed by atoms with van der Waals surface area (Å²) in [6, 6.07) is 5.75. The van der Waals surface area contributed by atoms with E-state index in [1.54, 1.807) is 14.5 Å². The lowest BCUT2D eigenvalue weighted by molar-refractivity contribution is -0.137. The van der Waals surface area contributed by atoms with Gasteiger partial charge in [0, 0.05) is 57.9 Å². The standard InChI is InChI=1S/C36H48F3N9O3Si/c1-6-32(49)47-17-16-46(21-25(47)11-13-40)34-27-12-15-45(22-30(27)42-35(43-34)51-23-26-8-7-14-44(26)2)33-28-20-41-48(24-50-18-19-52(3,4)5)31(28)10-9-29(33)36(37,38)39/h6,9-10,20,25-26H,1,7-8,11-12,14-19,21-24H2,2-5H3/t25?,26-/m1/s1. The lowest BCUT2D eigenvalue weighted by Gasteiger charge is -2.42. The number of benzene rings is 1. The number of ether oxygens (including phenoxy) is 2. The number of carbonyl (C=O) groups is 1. The Balaban J connectivity index is 1.34. The lowest BCUT2D eigenvalue weighted by atomic mass is 10.00. The molecule has 3 aromatic rings. The van der Waals surface area contributed by atoms with E-state index >= 15 is 0 Å². The van der Waals surface area contributed by atoms with E-state index in [0.29, 0.717) is 61.7 Å². The van der Waals surface area contributed by atoms with E-state index in [1.165, 1.54) is 18.3 Å². The van der Waals surface area contributed by atoms with Crippen LogP contribution in [0.1, 0.15) is 36.1 Å². The van der Waals surface area contributed by atoms with Gasteiger partial charge in [-0.1, -0.05) is 26.2 Å². The Morgan fingerprint density at radius 1 is 1.13 bits per heavy atom. The molecule has 0 aliphatic carbocycles. The molecule has 0 saturated carbocycles. The van der Waals surface area contributed by atoms with Gasteiger partial charge in [0.15, 0.2) is 0 Å². The molecule has 52 heavy (non-hydrogen) atoms. The molecule has 0 radical (unpaired) electrons. The highest BCUT2D eigenvalue weighted by molar-refractivity contribution is 6.76. The van der Waals surface area contributed by atoms with E-state index in [-0.39, 0.29) is 55.9 Å². The highest BCUT2D eigenvalue weighted by Crippen LogP contribution is 2.43. The fourth-order valence-corrected chi connectivity index (χ4v) is 8.10. The van der Waals surface area contributed by atoms with Gasteiger partial charge in [-0.25, -0.2) is 4.68 Å². The Morgan fingerprint density at radius 2 is 1.94 bits per heavy atom. The lowest BCUT2D eigenvalue weighted by Crippen LogP contribution is -2.55. The van der Waals surface area contributed by atoms with Gasteiger partial charge >= 0.3 is 12.2 Å². The molecule has 1 unspecified atom stereocenters. The van der Waals surface area contributed by atoms with Gasteiger partial charge in [0.25, 0.3) is 0 Å². The van der Waals surface area contributed by atoms with Crippen molar-refractivity contribution in [2.24, 2.45) is 0 Å². The summed E-state index contributed by atoms with van der Waals surface area (Å²) in [6.07, 6.45) is 0.720. The highest BCUT2D eigenvalue weighted by Gasteiger charge is 2.39. The zero-order valence-electron chi connectivity index (χ0n) is 30.5. The Kier molecular flexibility index (Phi) is 11.1. The number of hydrogen-bond acceptors (Lipinski definition) is 10. The number of nitriles is 1. The van der Waals surface area contributed by atoms with Crippen LogP contribution in [0, 0.1) is 11.3 Å². The zero-order chi connectivity index (χ0) is 37.2. The Labute approximate surface area is 303 Å². The van der Waals surface area contributed by atoms with Crippen LogP contribution in [0.15, 0.2) is 31.0 Å². The third kappa shape index (κ3) is 8.21. The van der Waals surface area contributed by atoms with Gasteiger partial charge in [0.05, 0.1) is 53.7 Å². The minimum absolute atomic E-state index is 0.0600. The number of fused-ring (bicyclic) bond motifs is 2. The van der Waals surface area contributed by atoms with Crippen molar-refractivity contribution in [3.8, 4) is 12.1 Å². The maximum atomic E-state index is 14.7. The Hall–Kier alpha value is -4.20. The normalized spacial score (nSPS) is 19.9. The smallest absolute Gasteiger partial charge is 0.418 e. The van der Waals surface area contributed by atoms with Gasteiger partial charge in [-0.3, -0.25) is 4.79 Å². The van der Waals surface area contributed by atoms with Crippen molar-refractivity contribution in [2.75, 3.05) is 62.8 Å². The number of carbonyl (C=O) groups excluding carboxylic acids is 1. The summed E-state index contributed by atoms with van der Waals surface area (Å²) >= 11 is 0. The number of nitrogens with zero attached hydrogens (tertiary/aromatic N) is 9. The topological polar surface area (TPSA) is 116 Å². The van der Waals surface area contributed by atoms with E-state index in [9.17, 15) is 23.2 Å². The minimum Gasteiger partial charge on any atom is -0.462 e. The van der Waals surface area contributed by atoms with Crippen LogP contribution in [-0.4, -0.2) is 109 Å². The van der Waals surface area contributed by atoms with Crippen molar-refractivity contribution in [3.05, 3.63) is 47.8 Å². The molecule has 2 atom stereocenters. The van der Waals surface area contributed by atoms with Crippen molar-refractivity contribution in [2.45, 2.75) is 82.9 Å². The molecule has 16 heteroatoms. The van der Waals surface area contributed by atoms with Crippen LogP contribution in [0.25, 0.3) is 10.9 Å². The number of hydrogen-bond donors (Lipinski definition) is 0. The van der Waals surface area contributed by atoms with Gasteiger partial charge in [0.2, 0.25) is 5.91 Å². The van der Waals surface area contributed by atoms with Gasteiger partial charge in [-0.05, 0) is 57.1 Å². The number of alkyl halides is 3. The monoisotopic (exact) mass is 739 g/mol. The number of likely N-dealkylation sites (N-methyl/N-ethyl adjacent to an activating group) is 1. The van der Waals surface area contributed by atoms with Crippen LogP contribution in [0.3, 0.4) is 0 Å². The fourth-order valence-electron chi connectivity index (χ4n) is 7.34. The van der Waals surface area contributed by atoms with Crippen LogP contribution >= 0.6 is 0 Å². The number of likely N-dealkylation sites (tertiary alicyclic amines) is 1. The molecule has 12 nitrogen and oxygen atoms in total. The molecule has 0 N–H and O–H groups in total. The summed E-state index contributed by atoms with van der Waals surface area (Å²) in [4.78, 5) is 30.0. The largest absolute Gasteiger partial charge is 0.462 e. The molecule has 2 saturated heterocycles. The number of halogens is 3. The average molecular weight is 740 g/mol. The van der Waals surface area contributed by atoms with Crippen LogP contribution in [-0.2, 0) is 35.4 Å². The molecule has 2 fully saturated rings. The Bertz CT molecular complexity index is 1820. The molecule has 1 aromatic carbocycles. The van der Waals surface area contributed by atoms with E-state index in [4.69, 9.17) is 19.4 Å². The molecule has 2 aromatic heterocycles. The molecular formula is C36H48F3N9O3Si. The maximum absolute atomic E-state index is 14.7. The summed E-state index contributed by atoms with van der Waals surface area (Å²) < 4.78 is 57.8. The molecule has 0 spiro atoms. The average Bonchev–Trinajstić information content (AvgIpc) is 3.72. The molecule has 280 valence electrons. The van der Waals surface area contributed by atoms with E-state index < -0.39 is 19.8 Å². The van der Waals surface area contributed by atoms with Gasteiger partial charge in [-0.2, -0.15) is 33.5 Å². The second-order valence-electron chi connectivity index (χ2n) is 15.1. The first-order valence-corrected chi connectivity index (χ1v) is 21.6. The fraction of sp³-hybridized carbons (Fsp3) is 0.583. The van der Waals surface area contributed by atoms with Crippen LogP contribution in [0.4, 0.5) is 24.7 Å². The molecule has 3 aliphatic rings. The molecule has 0 bridgehead atoms. The summed E-state index contributed by atoms with van der Waals surface area (Å²) in [5.41, 5.74) is 1.29. The maximum Gasteiger partial charge on any atom is 0.418 e. The van der Waals surface area contributed by atoms with E-state index in [1.807, 2.05) is 4.90 Å². The summed E-state index contributed by atoms with van der Waals surface area (Å²) in [5.74, 6) is 0.395. The Morgan fingerprint density at radius 3 is 2.63 bits per heavy atom. The molecular weight excluding hydrogens is 692 g/mol. The second-order valence-corrected chi connectivity index (χ2v) is 20.7. The first-order chi connectivity index (χ1) is 24.8. The first kappa shape index (κ1) is 37.6. The second kappa shape index (κ2) is 15.4. The quantitative estimate of drug-likeness (QED) is 0.138. The molecule has 3 aliphatic heterocycles. The molecule has 1 amide bonds. The van der Waals surface area contributed by atoms with Gasteiger partial charge in [-0.15, -0.1) is 0 Å². The number of amides is 1. The van der Waals surface area contributed by atoms with Crippen LogP contribution in [0.5, 0.6) is 6.01 Å². The van der Waals surface area contributed by atoms with E-state index in [2.05, 4.69) is 49.3 Å². The van der Waals surface area contributed by atoms with Crippen LogP contribution in [0.2, 0.25) is 25.7 Å². The third-order valence-electron chi connectivity index (χ3n) is 10.3. The van der Waals surface area contributed by atoms with Gasteiger partial charge in [0.1, 0.15) is 19.2 Å². The number of piperazine rings is 1. The zero-order valence-corrected chi connectivity index (χ0v) is 31.5. The molecule has 5 heterocycles. The summed E-state index contributed by atoms with van der Waals surface area (Å²) in [5, 5.41) is 14.4. The van der Waals surface area contributed by atoms with Crippen molar-refractivity contribution in [1.82, 2.24) is 29.5 Å². The van der Waals surface area contributed by atoms with E-state index in [0.717, 1.165) is 37.1 Å².